The second kappa shape index (κ2) is 9.66. The maximum absolute atomic E-state index is 12.3. The van der Waals surface area contributed by atoms with Crippen molar-refractivity contribution in [3.05, 3.63) is 28.8 Å². The number of carbonyl (C=O) groups excluding carboxylic acids is 2. The van der Waals surface area contributed by atoms with Gasteiger partial charge in [-0.3, -0.25) is 9.59 Å². The van der Waals surface area contributed by atoms with Crippen molar-refractivity contribution in [2.75, 3.05) is 32.5 Å². The highest BCUT2D eigenvalue weighted by atomic mass is 35.5. The first-order valence-corrected chi connectivity index (χ1v) is 7.25. The largest absolute Gasteiger partial charge is 0.340 e. The van der Waals surface area contributed by atoms with Crippen LogP contribution < -0.4 is 10.6 Å². The van der Waals surface area contributed by atoms with Gasteiger partial charge in [0.15, 0.2) is 0 Å². The number of amides is 2. The summed E-state index contributed by atoms with van der Waals surface area (Å²) in [6.07, 6.45) is 0. The number of anilines is 1. The van der Waals surface area contributed by atoms with Gasteiger partial charge in [-0.25, -0.2) is 0 Å². The van der Waals surface area contributed by atoms with Crippen LogP contribution in [0, 0.1) is 5.92 Å². The first kappa shape index (κ1) is 20.7. The fourth-order valence-electron chi connectivity index (χ4n) is 1.64. The summed E-state index contributed by atoms with van der Waals surface area (Å²) in [6, 6.07) is 4.92. The summed E-state index contributed by atoms with van der Waals surface area (Å²) in [7, 11) is 3.54. The molecule has 0 fully saturated rings. The highest BCUT2D eigenvalue weighted by Gasteiger charge is 2.16. The summed E-state index contributed by atoms with van der Waals surface area (Å²) >= 11 is 6.09. The van der Waals surface area contributed by atoms with Crippen molar-refractivity contribution in [2.45, 2.75) is 13.8 Å². The van der Waals surface area contributed by atoms with Gasteiger partial charge in [0.2, 0.25) is 5.91 Å². The number of carbonyl (C=O) groups is 2. The van der Waals surface area contributed by atoms with Crippen molar-refractivity contribution < 1.29 is 9.59 Å². The maximum Gasteiger partial charge on any atom is 0.255 e. The Hall–Kier alpha value is -1.30. The summed E-state index contributed by atoms with van der Waals surface area (Å²) in [5.41, 5.74) is 0.959. The second-order valence-corrected chi connectivity index (χ2v) is 5.58. The lowest BCUT2D eigenvalue weighted by Gasteiger charge is -2.18. The summed E-state index contributed by atoms with van der Waals surface area (Å²) in [6.45, 7) is 4.89. The number of likely N-dealkylation sites (N-methyl/N-ethyl adjacent to an activating group) is 2. The predicted molar refractivity (Wildman–Crippen MR) is 93.1 cm³/mol. The molecule has 1 rings (SSSR count). The molecular formula is C15H23Cl2N3O2. The van der Waals surface area contributed by atoms with E-state index in [-0.39, 0.29) is 30.1 Å². The Morgan fingerprint density at radius 1 is 1.32 bits per heavy atom. The molecule has 0 aliphatic heterocycles. The van der Waals surface area contributed by atoms with Crippen LogP contribution in [-0.2, 0) is 4.79 Å². The lowest BCUT2D eigenvalue weighted by molar-refractivity contribution is -0.118. The standard InChI is InChI=1S/C15H22ClN3O2.ClH/c1-10(2)14(20)18-11-5-6-13(16)12(9-11)15(21)19(4)8-7-17-3;/h5-6,9-10,17H,7-8H2,1-4H3,(H,18,20);1H. The van der Waals surface area contributed by atoms with Crippen molar-refractivity contribution in [1.29, 1.82) is 0 Å². The summed E-state index contributed by atoms with van der Waals surface area (Å²) in [5.74, 6) is -0.395. The molecule has 0 unspecified atom stereocenters. The molecular weight excluding hydrogens is 325 g/mol. The van der Waals surface area contributed by atoms with Gasteiger partial charge >= 0.3 is 0 Å². The van der Waals surface area contributed by atoms with Gasteiger partial charge in [0.25, 0.3) is 5.91 Å². The third-order valence-corrected chi connectivity index (χ3v) is 3.36. The number of hydrogen-bond acceptors (Lipinski definition) is 3. The molecule has 0 saturated carbocycles. The molecule has 5 nitrogen and oxygen atoms in total. The van der Waals surface area contributed by atoms with E-state index in [1.54, 1.807) is 30.1 Å². The van der Waals surface area contributed by atoms with Crippen molar-refractivity contribution >= 4 is 41.5 Å². The molecule has 0 saturated heterocycles. The van der Waals surface area contributed by atoms with Gasteiger partial charge in [0, 0.05) is 31.7 Å². The molecule has 2 N–H and O–H groups in total. The van der Waals surface area contributed by atoms with Crippen molar-refractivity contribution in [3.8, 4) is 0 Å². The number of nitrogens with zero attached hydrogens (tertiary/aromatic N) is 1. The topological polar surface area (TPSA) is 61.4 Å². The minimum Gasteiger partial charge on any atom is -0.340 e. The van der Waals surface area contributed by atoms with E-state index < -0.39 is 0 Å². The van der Waals surface area contributed by atoms with E-state index in [0.29, 0.717) is 29.4 Å². The van der Waals surface area contributed by atoms with Crippen molar-refractivity contribution in [1.82, 2.24) is 10.2 Å². The van der Waals surface area contributed by atoms with Gasteiger partial charge in [-0.05, 0) is 25.2 Å². The minimum absolute atomic E-state index is 0. The number of rotatable bonds is 6. The zero-order valence-corrected chi connectivity index (χ0v) is 14.8. The van der Waals surface area contributed by atoms with Crippen LogP contribution in [0.5, 0.6) is 0 Å². The molecule has 7 heteroatoms. The lowest BCUT2D eigenvalue weighted by atomic mass is 10.1. The molecule has 0 radical (unpaired) electrons. The first-order chi connectivity index (χ1) is 9.86. The molecule has 0 aliphatic rings. The molecule has 0 aromatic heterocycles. The van der Waals surface area contributed by atoms with E-state index in [1.165, 1.54) is 0 Å². The highest BCUT2D eigenvalue weighted by Crippen LogP contribution is 2.22. The van der Waals surface area contributed by atoms with E-state index in [9.17, 15) is 9.59 Å². The average Bonchev–Trinajstić information content (AvgIpc) is 2.45. The smallest absolute Gasteiger partial charge is 0.255 e. The monoisotopic (exact) mass is 347 g/mol. The Bertz CT molecular complexity index is 522. The number of benzene rings is 1. The molecule has 0 bridgehead atoms. The number of hydrogen-bond donors (Lipinski definition) is 2. The van der Waals surface area contributed by atoms with Crippen LogP contribution in [0.3, 0.4) is 0 Å². The molecule has 0 aliphatic carbocycles. The Labute approximate surface area is 142 Å². The average molecular weight is 348 g/mol. The van der Waals surface area contributed by atoms with Crippen LogP contribution in [0.15, 0.2) is 18.2 Å². The van der Waals surface area contributed by atoms with Gasteiger partial charge in [-0.15, -0.1) is 12.4 Å². The van der Waals surface area contributed by atoms with Gasteiger partial charge in [-0.2, -0.15) is 0 Å². The zero-order valence-electron chi connectivity index (χ0n) is 13.3. The zero-order chi connectivity index (χ0) is 16.0. The Balaban J connectivity index is 0.00000441. The summed E-state index contributed by atoms with van der Waals surface area (Å²) in [4.78, 5) is 25.6. The predicted octanol–water partition coefficient (Wildman–Crippen LogP) is 2.65. The second-order valence-electron chi connectivity index (χ2n) is 5.17. The van der Waals surface area contributed by atoms with Crippen molar-refractivity contribution in [3.63, 3.8) is 0 Å². The Kier molecular flexibility index (Phi) is 9.09. The Morgan fingerprint density at radius 3 is 2.50 bits per heavy atom. The third-order valence-electron chi connectivity index (χ3n) is 3.03. The molecule has 124 valence electrons. The van der Waals surface area contributed by atoms with E-state index in [2.05, 4.69) is 10.6 Å². The van der Waals surface area contributed by atoms with Crippen LogP contribution >= 0.6 is 24.0 Å². The third kappa shape index (κ3) is 5.83. The summed E-state index contributed by atoms with van der Waals surface area (Å²) < 4.78 is 0. The molecule has 0 spiro atoms. The van der Waals surface area contributed by atoms with Gasteiger partial charge in [0.1, 0.15) is 0 Å². The molecule has 1 aromatic rings. The molecule has 0 heterocycles. The van der Waals surface area contributed by atoms with Crippen LogP contribution in [0.25, 0.3) is 0 Å². The van der Waals surface area contributed by atoms with Crippen molar-refractivity contribution in [2.24, 2.45) is 5.92 Å². The Morgan fingerprint density at radius 2 is 1.95 bits per heavy atom. The van der Waals surface area contributed by atoms with Gasteiger partial charge in [-0.1, -0.05) is 25.4 Å². The number of nitrogens with one attached hydrogen (secondary N) is 2. The number of halogens is 2. The fraction of sp³-hybridized carbons (Fsp3) is 0.467. The SMILES string of the molecule is CNCCN(C)C(=O)c1cc(NC(=O)C(C)C)ccc1Cl.Cl. The van der Waals surface area contributed by atoms with Crippen LogP contribution in [0.1, 0.15) is 24.2 Å². The lowest BCUT2D eigenvalue weighted by Crippen LogP contribution is -2.33. The molecule has 1 aromatic carbocycles. The van der Waals surface area contributed by atoms with E-state index in [1.807, 2.05) is 20.9 Å². The van der Waals surface area contributed by atoms with Gasteiger partial charge < -0.3 is 15.5 Å². The maximum atomic E-state index is 12.3. The minimum atomic E-state index is -0.170. The van der Waals surface area contributed by atoms with E-state index >= 15 is 0 Å². The normalized spacial score (nSPS) is 10.1. The van der Waals surface area contributed by atoms with Crippen LogP contribution in [0.2, 0.25) is 5.02 Å². The fourth-order valence-corrected chi connectivity index (χ4v) is 1.84. The molecule has 0 atom stereocenters. The summed E-state index contributed by atoms with van der Waals surface area (Å²) in [5, 5.41) is 6.12. The molecule has 2 amide bonds. The first-order valence-electron chi connectivity index (χ1n) is 6.87. The highest BCUT2D eigenvalue weighted by molar-refractivity contribution is 6.34. The quantitative estimate of drug-likeness (QED) is 0.831. The van der Waals surface area contributed by atoms with Gasteiger partial charge in [0.05, 0.1) is 10.6 Å². The van der Waals surface area contributed by atoms with Crippen LogP contribution in [-0.4, -0.2) is 43.9 Å². The van der Waals surface area contributed by atoms with E-state index in [0.717, 1.165) is 0 Å². The van der Waals surface area contributed by atoms with E-state index in [4.69, 9.17) is 11.6 Å². The van der Waals surface area contributed by atoms with Crippen LogP contribution in [0.4, 0.5) is 5.69 Å². The molecule has 22 heavy (non-hydrogen) atoms.